The Hall–Kier alpha value is -2.87. The van der Waals surface area contributed by atoms with E-state index in [-0.39, 0.29) is 0 Å². The molecule has 1 atom stereocenters. The molecular weight excluding hydrogens is 402 g/mol. The molecule has 0 saturated heterocycles. The molecule has 3 rings (SSSR count). The Bertz CT molecular complexity index is 986. The number of para-hydroxylation sites is 1. The second kappa shape index (κ2) is 8.68. The number of hydrogen-bond acceptors (Lipinski definition) is 3. The number of halogens is 1. The topological polar surface area (TPSA) is 53.2 Å². The molecule has 0 saturated carbocycles. The zero-order chi connectivity index (χ0) is 19.2. The minimum absolute atomic E-state index is 0.439. The molecule has 0 heterocycles. The van der Waals surface area contributed by atoms with Crippen molar-refractivity contribution in [3.05, 3.63) is 106 Å². The van der Waals surface area contributed by atoms with Crippen LogP contribution in [0, 0.1) is 18.3 Å². The number of benzene rings is 3. The maximum Gasteiger partial charge on any atom is 0.145 e. The van der Waals surface area contributed by atoms with Crippen LogP contribution in [0.1, 0.15) is 28.4 Å². The van der Waals surface area contributed by atoms with Crippen molar-refractivity contribution in [3.63, 3.8) is 0 Å². The zero-order valence-corrected chi connectivity index (χ0v) is 16.3. The van der Waals surface area contributed by atoms with Crippen LogP contribution in [0.2, 0.25) is 0 Å². The number of nitrogens with zero attached hydrogens (tertiary/aromatic N) is 1. The van der Waals surface area contributed by atoms with E-state index in [1.807, 2.05) is 61.5 Å². The van der Waals surface area contributed by atoms with Crippen molar-refractivity contribution in [1.82, 2.24) is 0 Å². The van der Waals surface area contributed by atoms with Gasteiger partial charge in [-0.25, -0.2) is 0 Å². The molecule has 0 spiro atoms. The average molecular weight is 420 g/mol. The Kier molecular flexibility index (Phi) is 6.08. The van der Waals surface area contributed by atoms with Gasteiger partial charge in [0.1, 0.15) is 23.7 Å². The van der Waals surface area contributed by atoms with E-state index in [9.17, 15) is 10.4 Å². The molecule has 0 aromatic heterocycles. The highest BCUT2D eigenvalue weighted by molar-refractivity contribution is 9.10. The second-order valence-electron chi connectivity index (χ2n) is 6.10. The minimum atomic E-state index is -0.844. The maximum absolute atomic E-state index is 10.7. The Morgan fingerprint density at radius 2 is 1.70 bits per heavy atom. The molecule has 1 unspecified atom stereocenters. The van der Waals surface area contributed by atoms with Crippen molar-refractivity contribution in [3.8, 4) is 11.8 Å². The molecule has 1 N–H and O–H groups in total. The van der Waals surface area contributed by atoms with Gasteiger partial charge < -0.3 is 9.84 Å². The van der Waals surface area contributed by atoms with E-state index in [1.54, 1.807) is 24.3 Å². The summed E-state index contributed by atoms with van der Waals surface area (Å²) in [6.07, 6.45) is 0.811. The molecule has 3 aromatic rings. The Morgan fingerprint density at radius 3 is 2.37 bits per heavy atom. The Labute approximate surface area is 167 Å². The number of hydrogen-bond donors (Lipinski definition) is 1. The molecule has 0 bridgehead atoms. The maximum atomic E-state index is 10.7. The van der Waals surface area contributed by atoms with E-state index in [2.05, 4.69) is 22.0 Å². The Balaban J connectivity index is 2.00. The third-order valence-electron chi connectivity index (χ3n) is 4.08. The average Bonchev–Trinajstić information content (AvgIpc) is 2.69. The molecule has 134 valence electrons. The van der Waals surface area contributed by atoms with E-state index in [4.69, 9.17) is 4.74 Å². The summed E-state index contributed by atoms with van der Waals surface area (Å²) in [4.78, 5) is 0. The van der Waals surface area contributed by atoms with Crippen LogP contribution in [0.15, 0.2) is 83.3 Å². The summed E-state index contributed by atoms with van der Waals surface area (Å²) in [5, 5.41) is 20.0. The molecule has 0 radical (unpaired) electrons. The van der Waals surface area contributed by atoms with Crippen molar-refractivity contribution < 1.29 is 9.84 Å². The number of rotatable bonds is 5. The van der Waals surface area contributed by atoms with Crippen molar-refractivity contribution >= 4 is 21.7 Å². The van der Waals surface area contributed by atoms with Crippen molar-refractivity contribution in [1.29, 1.82) is 5.26 Å². The summed E-state index contributed by atoms with van der Waals surface area (Å²) < 4.78 is 6.99. The van der Waals surface area contributed by atoms with E-state index >= 15 is 0 Å². The molecule has 0 aliphatic heterocycles. The van der Waals surface area contributed by atoms with Crippen LogP contribution in [0.5, 0.6) is 5.75 Å². The van der Waals surface area contributed by atoms with Gasteiger partial charge in [-0.15, -0.1) is 0 Å². The highest BCUT2D eigenvalue weighted by Gasteiger charge is 2.12. The van der Waals surface area contributed by atoms with Gasteiger partial charge in [0, 0.05) is 10.0 Å². The van der Waals surface area contributed by atoms with E-state index in [1.165, 1.54) is 0 Å². The van der Waals surface area contributed by atoms with Crippen molar-refractivity contribution in [2.24, 2.45) is 0 Å². The fourth-order valence-electron chi connectivity index (χ4n) is 2.57. The molecule has 0 aliphatic rings. The van der Waals surface area contributed by atoms with Crippen LogP contribution in [0.3, 0.4) is 0 Å². The van der Waals surface area contributed by atoms with Gasteiger partial charge in [0.05, 0.1) is 5.56 Å². The monoisotopic (exact) mass is 419 g/mol. The van der Waals surface area contributed by atoms with Crippen LogP contribution in [-0.2, 0) is 0 Å². The van der Waals surface area contributed by atoms with Crippen molar-refractivity contribution in [2.45, 2.75) is 13.0 Å². The summed E-state index contributed by atoms with van der Waals surface area (Å²) >= 11 is 3.40. The first kappa shape index (κ1) is 18.9. The minimum Gasteiger partial charge on any atom is -0.456 e. The summed E-state index contributed by atoms with van der Waals surface area (Å²) in [6, 6.07) is 24.5. The molecular formula is C23H18BrNO2. The lowest BCUT2D eigenvalue weighted by Gasteiger charge is -2.15. The lowest BCUT2D eigenvalue weighted by atomic mass is 10.1. The first-order valence-electron chi connectivity index (χ1n) is 8.46. The summed E-state index contributed by atoms with van der Waals surface area (Å²) in [5.74, 6) is 0.947. The van der Waals surface area contributed by atoms with E-state index in [0.717, 1.165) is 21.2 Å². The second-order valence-corrected chi connectivity index (χ2v) is 7.02. The summed E-state index contributed by atoms with van der Waals surface area (Å²) in [5.41, 5.74) is 3.14. The van der Waals surface area contributed by atoms with Crippen LogP contribution < -0.4 is 4.74 Å². The molecule has 0 aliphatic carbocycles. The zero-order valence-electron chi connectivity index (χ0n) is 14.8. The highest BCUT2D eigenvalue weighted by atomic mass is 79.9. The molecule has 0 fully saturated rings. The first-order chi connectivity index (χ1) is 13.1. The number of aliphatic hydroxyl groups is 1. The predicted octanol–water partition coefficient (Wildman–Crippen LogP) is 5.78. The number of ether oxygens (including phenoxy) is 1. The summed E-state index contributed by atoms with van der Waals surface area (Å²) in [6.45, 7) is 2.01. The number of aryl methyl sites for hydroxylation is 1. The normalized spacial score (nSPS) is 12.3. The van der Waals surface area contributed by atoms with Gasteiger partial charge >= 0.3 is 0 Å². The van der Waals surface area contributed by atoms with Gasteiger partial charge in [0.2, 0.25) is 0 Å². The van der Waals surface area contributed by atoms with Crippen LogP contribution >= 0.6 is 15.9 Å². The van der Waals surface area contributed by atoms with Gasteiger partial charge in [0.25, 0.3) is 0 Å². The molecule has 4 heteroatoms. The third kappa shape index (κ3) is 4.85. The fraction of sp³-hybridized carbons (Fsp3) is 0.0870. The quantitative estimate of drug-likeness (QED) is 0.532. The Morgan fingerprint density at radius 1 is 1.04 bits per heavy atom. The predicted molar refractivity (Wildman–Crippen MR) is 110 cm³/mol. The van der Waals surface area contributed by atoms with E-state index < -0.39 is 6.10 Å². The largest absolute Gasteiger partial charge is 0.456 e. The fourth-order valence-corrected chi connectivity index (χ4v) is 2.84. The van der Waals surface area contributed by atoms with Crippen molar-refractivity contribution in [2.75, 3.05) is 0 Å². The standard InChI is InChI=1S/C23H18BrNO2/c1-16-6-8-18(9-7-16)23(27-22-5-3-2-4-19(22)15-25)14-21(26)17-10-12-20(24)13-11-17/h2-14,21,26H,1H3/b23-14-. The highest BCUT2D eigenvalue weighted by Crippen LogP contribution is 2.28. The number of nitriles is 1. The smallest absolute Gasteiger partial charge is 0.145 e. The SMILES string of the molecule is Cc1ccc(/C(=C/C(O)c2ccc(Br)cc2)Oc2ccccc2C#N)cc1. The lowest BCUT2D eigenvalue weighted by molar-refractivity contribution is 0.227. The molecule has 3 nitrogen and oxygen atoms in total. The number of aliphatic hydroxyl groups excluding tert-OH is 1. The van der Waals surface area contributed by atoms with Gasteiger partial charge in [-0.05, 0) is 42.8 Å². The van der Waals surface area contributed by atoms with Crippen LogP contribution in [-0.4, -0.2) is 5.11 Å². The van der Waals surface area contributed by atoms with Gasteiger partial charge in [-0.2, -0.15) is 5.26 Å². The molecule has 0 amide bonds. The lowest BCUT2D eigenvalue weighted by Crippen LogP contribution is -2.01. The molecule has 3 aromatic carbocycles. The van der Waals surface area contributed by atoms with Gasteiger partial charge in [-0.1, -0.05) is 70.0 Å². The third-order valence-corrected chi connectivity index (χ3v) is 4.61. The first-order valence-corrected chi connectivity index (χ1v) is 9.25. The van der Waals surface area contributed by atoms with E-state index in [0.29, 0.717) is 17.1 Å². The van der Waals surface area contributed by atoms with Gasteiger partial charge in [-0.3, -0.25) is 0 Å². The molecule has 27 heavy (non-hydrogen) atoms. The van der Waals surface area contributed by atoms with Gasteiger partial charge in [0.15, 0.2) is 0 Å². The van der Waals surface area contributed by atoms with Crippen LogP contribution in [0.25, 0.3) is 5.76 Å². The summed E-state index contributed by atoms with van der Waals surface area (Å²) in [7, 11) is 0. The van der Waals surface area contributed by atoms with Crippen LogP contribution in [0.4, 0.5) is 0 Å².